The highest BCUT2D eigenvalue weighted by Crippen LogP contribution is 2.38. The number of carbonyl (C=O) groups excluding carboxylic acids is 3. The molecule has 148 valence electrons. The van der Waals surface area contributed by atoms with E-state index in [1.807, 2.05) is 27.7 Å². The fraction of sp³-hybridized carbons (Fsp3) is 0.842. The van der Waals surface area contributed by atoms with Crippen molar-refractivity contribution in [3.8, 4) is 0 Å². The Morgan fingerprint density at radius 2 is 1.50 bits per heavy atom. The van der Waals surface area contributed by atoms with Crippen LogP contribution in [0, 0.1) is 5.92 Å². The van der Waals surface area contributed by atoms with Crippen LogP contribution in [-0.4, -0.2) is 64.4 Å². The number of ether oxygens (including phenoxy) is 1. The largest absolute Gasteiger partial charge is 0.466 e. The summed E-state index contributed by atoms with van der Waals surface area (Å²) < 4.78 is 5.05. The number of likely N-dealkylation sites (tertiary alicyclic amines) is 2. The van der Waals surface area contributed by atoms with Crippen molar-refractivity contribution in [3.05, 3.63) is 0 Å². The smallest absolute Gasteiger partial charge is 0.312 e. The molecule has 7 heteroatoms. The molecule has 0 aromatic carbocycles. The van der Waals surface area contributed by atoms with Gasteiger partial charge in [0.25, 0.3) is 0 Å². The lowest BCUT2D eigenvalue weighted by atomic mass is 9.77. The van der Waals surface area contributed by atoms with Gasteiger partial charge in [0.05, 0.1) is 12.5 Å². The normalized spacial score (nSPS) is 23.6. The molecule has 2 N–H and O–H groups in total. The van der Waals surface area contributed by atoms with Crippen LogP contribution in [0.25, 0.3) is 0 Å². The van der Waals surface area contributed by atoms with E-state index < -0.39 is 22.9 Å². The molecule has 2 heterocycles. The quantitative estimate of drug-likeness (QED) is 0.586. The van der Waals surface area contributed by atoms with Crippen LogP contribution >= 0.6 is 0 Å². The number of esters is 1. The van der Waals surface area contributed by atoms with Crippen LogP contribution in [-0.2, 0) is 19.1 Å². The number of nitrogens with two attached hydrogens (primary N) is 1. The number of hydrogen-bond donors (Lipinski definition) is 1. The summed E-state index contributed by atoms with van der Waals surface area (Å²) in [6.45, 7) is 10.8. The van der Waals surface area contributed by atoms with Gasteiger partial charge in [0, 0.05) is 30.2 Å². The average Bonchev–Trinajstić information content (AvgIpc) is 2.51. The second kappa shape index (κ2) is 7.55. The Kier molecular flexibility index (Phi) is 6.00. The van der Waals surface area contributed by atoms with Crippen molar-refractivity contribution in [2.75, 3.05) is 19.7 Å². The molecule has 2 rings (SSSR count). The molecule has 0 radical (unpaired) electrons. The lowest BCUT2D eigenvalue weighted by Crippen LogP contribution is -2.67. The summed E-state index contributed by atoms with van der Waals surface area (Å²) in [5.74, 6) is -1.35. The average molecular weight is 367 g/mol. The van der Waals surface area contributed by atoms with Crippen molar-refractivity contribution in [1.29, 1.82) is 0 Å². The topological polar surface area (TPSA) is 92.9 Å². The minimum absolute atomic E-state index is 0.0134. The Labute approximate surface area is 156 Å². The van der Waals surface area contributed by atoms with Gasteiger partial charge >= 0.3 is 17.8 Å². The van der Waals surface area contributed by atoms with Crippen molar-refractivity contribution in [2.45, 2.75) is 77.4 Å². The van der Waals surface area contributed by atoms with Gasteiger partial charge in [-0.15, -0.1) is 0 Å². The lowest BCUT2D eigenvalue weighted by Gasteiger charge is -2.54. The molecule has 2 saturated heterocycles. The third-order valence-corrected chi connectivity index (χ3v) is 5.52. The molecular weight excluding hydrogens is 334 g/mol. The number of nitrogens with zero attached hydrogens (tertiary/aromatic N) is 2. The van der Waals surface area contributed by atoms with E-state index in [1.165, 1.54) is 0 Å². The van der Waals surface area contributed by atoms with Gasteiger partial charge in [-0.1, -0.05) is 0 Å². The minimum atomic E-state index is -0.482. The zero-order valence-corrected chi connectivity index (χ0v) is 16.7. The molecule has 0 aromatic rings. The first-order chi connectivity index (χ1) is 12.0. The van der Waals surface area contributed by atoms with Crippen LogP contribution < -0.4 is 5.73 Å². The van der Waals surface area contributed by atoms with Gasteiger partial charge in [-0.2, -0.15) is 0 Å². The van der Waals surface area contributed by atoms with E-state index in [1.54, 1.807) is 16.7 Å². The first kappa shape index (κ1) is 20.7. The Hall–Kier alpha value is -1.63. The third-order valence-electron chi connectivity index (χ3n) is 5.52. The number of rotatable bonds is 2. The monoisotopic (exact) mass is 367 g/mol. The van der Waals surface area contributed by atoms with Crippen molar-refractivity contribution in [1.82, 2.24) is 9.80 Å². The molecule has 26 heavy (non-hydrogen) atoms. The SMILES string of the molecule is CCOC(=O)C1CCN(C(=O)C(=O)N2C(C)(C)CC(N)CC2(C)C)CC1. The van der Waals surface area contributed by atoms with Gasteiger partial charge < -0.3 is 20.3 Å². The Morgan fingerprint density at radius 1 is 1.00 bits per heavy atom. The van der Waals surface area contributed by atoms with Crippen LogP contribution in [0.5, 0.6) is 0 Å². The van der Waals surface area contributed by atoms with E-state index in [9.17, 15) is 14.4 Å². The van der Waals surface area contributed by atoms with Crippen LogP contribution in [0.4, 0.5) is 0 Å². The van der Waals surface area contributed by atoms with Gasteiger partial charge in [-0.25, -0.2) is 0 Å². The summed E-state index contributed by atoms with van der Waals surface area (Å²) in [6, 6.07) is 0.0134. The summed E-state index contributed by atoms with van der Waals surface area (Å²) >= 11 is 0. The maximum atomic E-state index is 13.1. The third kappa shape index (κ3) is 4.19. The zero-order chi connectivity index (χ0) is 19.7. The van der Waals surface area contributed by atoms with E-state index >= 15 is 0 Å². The van der Waals surface area contributed by atoms with E-state index in [2.05, 4.69) is 0 Å². The molecule has 7 nitrogen and oxygen atoms in total. The van der Waals surface area contributed by atoms with Gasteiger partial charge in [-0.3, -0.25) is 14.4 Å². The fourth-order valence-corrected chi connectivity index (χ4v) is 4.72. The lowest BCUT2D eigenvalue weighted by molar-refractivity contribution is -0.165. The number of piperidine rings is 2. The number of carbonyl (C=O) groups is 3. The van der Waals surface area contributed by atoms with Crippen LogP contribution in [0.15, 0.2) is 0 Å². The zero-order valence-electron chi connectivity index (χ0n) is 16.7. The van der Waals surface area contributed by atoms with E-state index in [0.717, 1.165) is 0 Å². The summed E-state index contributed by atoms with van der Waals surface area (Å²) in [6.07, 6.45) is 2.41. The highest BCUT2D eigenvalue weighted by Gasteiger charge is 2.49. The summed E-state index contributed by atoms with van der Waals surface area (Å²) in [5.41, 5.74) is 5.21. The molecule has 0 unspecified atom stereocenters. The maximum Gasteiger partial charge on any atom is 0.312 e. The first-order valence-corrected chi connectivity index (χ1v) is 9.55. The summed E-state index contributed by atoms with van der Waals surface area (Å²) in [5, 5.41) is 0. The maximum absolute atomic E-state index is 13.1. The molecule has 2 fully saturated rings. The van der Waals surface area contributed by atoms with E-state index in [0.29, 0.717) is 45.4 Å². The standard InChI is InChI=1S/C19H33N3O4/c1-6-26-17(25)13-7-9-21(10-8-13)15(23)16(24)22-18(2,3)11-14(20)12-19(22,4)5/h13-14H,6-12,20H2,1-5H3. The van der Waals surface area contributed by atoms with Crippen LogP contribution in [0.3, 0.4) is 0 Å². The second-order valence-corrected chi connectivity index (χ2v) is 8.75. The predicted molar refractivity (Wildman–Crippen MR) is 98.2 cm³/mol. The molecule has 0 aliphatic carbocycles. The van der Waals surface area contributed by atoms with Gasteiger partial charge in [0.1, 0.15) is 0 Å². The Balaban J connectivity index is 2.06. The van der Waals surface area contributed by atoms with Gasteiger partial charge in [-0.05, 0) is 60.3 Å². The number of hydrogen-bond acceptors (Lipinski definition) is 5. The molecule has 0 bridgehead atoms. The van der Waals surface area contributed by atoms with Crippen LogP contribution in [0.1, 0.15) is 60.3 Å². The van der Waals surface area contributed by atoms with Crippen molar-refractivity contribution < 1.29 is 19.1 Å². The fourth-order valence-electron chi connectivity index (χ4n) is 4.72. The van der Waals surface area contributed by atoms with E-state index in [4.69, 9.17) is 10.5 Å². The van der Waals surface area contributed by atoms with Crippen molar-refractivity contribution >= 4 is 17.8 Å². The molecule has 2 aliphatic rings. The second-order valence-electron chi connectivity index (χ2n) is 8.75. The highest BCUT2D eigenvalue weighted by atomic mass is 16.5. The number of amides is 2. The van der Waals surface area contributed by atoms with E-state index in [-0.39, 0.29) is 17.9 Å². The first-order valence-electron chi connectivity index (χ1n) is 9.55. The van der Waals surface area contributed by atoms with Gasteiger partial charge in [0.2, 0.25) is 0 Å². The molecule has 0 atom stereocenters. The molecule has 0 saturated carbocycles. The Bertz CT molecular complexity index is 547. The summed E-state index contributed by atoms with van der Waals surface area (Å²) in [4.78, 5) is 41.0. The van der Waals surface area contributed by atoms with Crippen molar-refractivity contribution in [3.63, 3.8) is 0 Å². The molecule has 2 aliphatic heterocycles. The molecule has 0 spiro atoms. The minimum Gasteiger partial charge on any atom is -0.466 e. The molecule has 0 aromatic heterocycles. The van der Waals surface area contributed by atoms with Crippen molar-refractivity contribution in [2.24, 2.45) is 11.7 Å². The molecular formula is C19H33N3O4. The Morgan fingerprint density at radius 3 is 1.96 bits per heavy atom. The highest BCUT2D eigenvalue weighted by molar-refractivity contribution is 6.35. The van der Waals surface area contributed by atoms with Crippen LogP contribution in [0.2, 0.25) is 0 Å². The summed E-state index contributed by atoms with van der Waals surface area (Å²) in [7, 11) is 0. The van der Waals surface area contributed by atoms with Gasteiger partial charge in [0.15, 0.2) is 0 Å². The predicted octanol–water partition coefficient (Wildman–Crippen LogP) is 1.30. The molecule has 2 amide bonds.